The molecule has 0 fully saturated rings. The Balaban J connectivity index is 2.06. The van der Waals surface area contributed by atoms with E-state index < -0.39 is 11.0 Å². The summed E-state index contributed by atoms with van der Waals surface area (Å²) in [5, 5.41) is 10.9. The zero-order valence-corrected chi connectivity index (χ0v) is 12.5. The number of carbonyl (C=O) groups excluding carboxylic acids is 1. The van der Waals surface area contributed by atoms with Crippen LogP contribution in [-0.2, 0) is 4.79 Å². The number of rotatable bonds is 4. The normalized spacial score (nSPS) is 16.7. The van der Waals surface area contributed by atoms with Gasteiger partial charge in [0.1, 0.15) is 0 Å². The Bertz CT molecular complexity index is 748. The zero-order chi connectivity index (χ0) is 16.4. The van der Waals surface area contributed by atoms with Crippen LogP contribution < -0.4 is 9.64 Å². The Morgan fingerprint density at radius 1 is 1.26 bits per heavy atom. The average molecular weight is 313 g/mol. The van der Waals surface area contributed by atoms with E-state index in [1.807, 2.05) is 37.3 Å². The van der Waals surface area contributed by atoms with Crippen LogP contribution in [0.5, 0.6) is 5.75 Å². The number of nitro groups is 1. The van der Waals surface area contributed by atoms with Crippen LogP contribution in [0.2, 0.25) is 0 Å². The van der Waals surface area contributed by atoms with Crippen molar-refractivity contribution in [3.63, 3.8) is 0 Å². The highest BCUT2D eigenvalue weighted by molar-refractivity contribution is 5.99. The molecule has 3 rings (SSSR count). The van der Waals surface area contributed by atoms with Crippen LogP contribution in [0.15, 0.2) is 42.5 Å². The van der Waals surface area contributed by atoms with Gasteiger partial charge in [0.05, 0.1) is 0 Å². The highest BCUT2D eigenvalue weighted by Gasteiger charge is 2.39. The minimum atomic E-state index is -0.765. The summed E-state index contributed by atoms with van der Waals surface area (Å²) in [5.41, 5.74) is 0.739. The Morgan fingerprint density at radius 2 is 2.00 bits per heavy atom. The molecule has 0 N–H and O–H groups in total. The van der Waals surface area contributed by atoms with Crippen molar-refractivity contribution in [2.45, 2.75) is 19.4 Å². The van der Waals surface area contributed by atoms with Crippen LogP contribution >= 0.6 is 0 Å². The number of fused-ring (bicyclic) bond motifs is 1. The van der Waals surface area contributed by atoms with Crippen molar-refractivity contribution in [3.05, 3.63) is 58.1 Å². The molecule has 0 saturated heterocycles. The molecular formula is C16H15N3O4. The number of anilines is 1. The van der Waals surface area contributed by atoms with E-state index in [1.165, 1.54) is 17.0 Å². The Hall–Kier alpha value is -2.96. The summed E-state index contributed by atoms with van der Waals surface area (Å²) in [7, 11) is 0. The molecule has 118 valence electrons. The molecule has 1 atom stereocenters. The molecular weight excluding hydrogens is 298 g/mol. The zero-order valence-electron chi connectivity index (χ0n) is 12.5. The minimum absolute atomic E-state index is 0.207. The fourth-order valence-corrected chi connectivity index (χ4v) is 2.51. The molecule has 2 aromatic rings. The van der Waals surface area contributed by atoms with Crippen LogP contribution in [0.3, 0.4) is 0 Å². The van der Waals surface area contributed by atoms with Crippen molar-refractivity contribution in [3.8, 4) is 5.75 Å². The number of amides is 1. The summed E-state index contributed by atoms with van der Waals surface area (Å²) in [4.78, 5) is 28.5. The van der Waals surface area contributed by atoms with Crippen LogP contribution in [0.1, 0.15) is 25.0 Å². The molecule has 0 bridgehead atoms. The maximum Gasteiger partial charge on any atom is 0.366 e. The van der Waals surface area contributed by atoms with Gasteiger partial charge in [-0.1, -0.05) is 37.3 Å². The second-order valence-electron chi connectivity index (χ2n) is 5.15. The van der Waals surface area contributed by atoms with E-state index in [0.717, 1.165) is 5.56 Å². The van der Waals surface area contributed by atoms with E-state index in [2.05, 4.69) is 4.98 Å². The Morgan fingerprint density at radius 3 is 2.65 bits per heavy atom. The van der Waals surface area contributed by atoms with Crippen molar-refractivity contribution >= 4 is 17.5 Å². The van der Waals surface area contributed by atoms with Crippen molar-refractivity contribution in [1.82, 2.24) is 4.98 Å². The third kappa shape index (κ3) is 2.73. The number of aromatic nitrogens is 1. The SMILES string of the molecule is CCCN1C(=O)C(c2ccccc2)Oc2ccc([N+](=O)[O-])nc21. The average Bonchev–Trinajstić information content (AvgIpc) is 2.57. The first-order chi connectivity index (χ1) is 11.1. The van der Waals surface area contributed by atoms with Crippen molar-refractivity contribution in [1.29, 1.82) is 0 Å². The van der Waals surface area contributed by atoms with Crippen LogP contribution in [-0.4, -0.2) is 22.4 Å². The van der Waals surface area contributed by atoms with E-state index in [0.29, 0.717) is 18.7 Å². The molecule has 1 aliphatic rings. The summed E-state index contributed by atoms with van der Waals surface area (Å²) in [6, 6.07) is 11.9. The summed E-state index contributed by atoms with van der Waals surface area (Å²) < 4.78 is 5.77. The maximum atomic E-state index is 12.8. The monoisotopic (exact) mass is 313 g/mol. The van der Waals surface area contributed by atoms with E-state index in [1.54, 1.807) is 0 Å². The first kappa shape index (κ1) is 15.0. The van der Waals surface area contributed by atoms with Gasteiger partial charge in [-0.2, -0.15) is 0 Å². The Labute approximate surface area is 132 Å². The first-order valence-electron chi connectivity index (χ1n) is 7.30. The molecule has 1 aliphatic heterocycles. The van der Waals surface area contributed by atoms with Gasteiger partial charge in [-0.25, -0.2) is 0 Å². The lowest BCUT2D eigenvalue weighted by atomic mass is 10.1. The Kier molecular flexibility index (Phi) is 3.92. The number of nitrogens with zero attached hydrogens (tertiary/aromatic N) is 3. The largest absolute Gasteiger partial charge is 0.469 e. The van der Waals surface area contributed by atoms with Crippen LogP contribution in [0, 0.1) is 10.1 Å². The standard InChI is InChI=1S/C16H15N3O4/c1-2-10-18-15-12(8-9-13(17-15)19(21)22)23-14(16(18)20)11-6-4-3-5-7-11/h3-9,14H,2,10H2,1H3. The first-order valence-corrected chi connectivity index (χ1v) is 7.30. The molecule has 2 heterocycles. The predicted molar refractivity (Wildman–Crippen MR) is 83.3 cm³/mol. The van der Waals surface area contributed by atoms with E-state index in [9.17, 15) is 14.9 Å². The lowest BCUT2D eigenvalue weighted by molar-refractivity contribution is -0.389. The number of carbonyl (C=O) groups is 1. The fraction of sp³-hybridized carbons (Fsp3) is 0.250. The topological polar surface area (TPSA) is 85.6 Å². The van der Waals surface area contributed by atoms with Crippen molar-refractivity contribution in [2.24, 2.45) is 0 Å². The van der Waals surface area contributed by atoms with Gasteiger partial charge in [-0.15, -0.1) is 0 Å². The number of benzene rings is 1. The van der Waals surface area contributed by atoms with E-state index in [-0.39, 0.29) is 17.5 Å². The fourth-order valence-electron chi connectivity index (χ4n) is 2.51. The molecule has 7 nitrogen and oxygen atoms in total. The van der Waals surface area contributed by atoms with E-state index in [4.69, 9.17) is 4.74 Å². The maximum absolute atomic E-state index is 12.8. The molecule has 23 heavy (non-hydrogen) atoms. The van der Waals surface area contributed by atoms with E-state index >= 15 is 0 Å². The number of hydrogen-bond donors (Lipinski definition) is 0. The molecule has 1 unspecified atom stereocenters. The second-order valence-corrected chi connectivity index (χ2v) is 5.15. The van der Waals surface area contributed by atoms with Gasteiger partial charge < -0.3 is 14.9 Å². The molecule has 7 heteroatoms. The van der Waals surface area contributed by atoms with Gasteiger partial charge in [0.2, 0.25) is 6.10 Å². The lowest BCUT2D eigenvalue weighted by Crippen LogP contribution is -2.42. The number of ether oxygens (including phenoxy) is 1. The third-order valence-electron chi connectivity index (χ3n) is 3.55. The summed E-state index contributed by atoms with van der Waals surface area (Å²) in [6.07, 6.45) is -0.0599. The molecule has 1 amide bonds. The highest BCUT2D eigenvalue weighted by atomic mass is 16.6. The third-order valence-corrected chi connectivity index (χ3v) is 3.55. The molecule has 0 saturated carbocycles. The molecule has 0 spiro atoms. The number of hydrogen-bond acceptors (Lipinski definition) is 5. The van der Waals surface area contributed by atoms with Gasteiger partial charge in [-0.05, 0) is 22.4 Å². The van der Waals surface area contributed by atoms with Gasteiger partial charge in [0.15, 0.2) is 5.75 Å². The highest BCUT2D eigenvalue weighted by Crippen LogP contribution is 2.38. The van der Waals surface area contributed by atoms with Gasteiger partial charge in [-0.3, -0.25) is 9.69 Å². The summed E-state index contributed by atoms with van der Waals surface area (Å²) in [6.45, 7) is 2.35. The molecule has 0 aliphatic carbocycles. The van der Waals surface area contributed by atoms with Crippen LogP contribution in [0.4, 0.5) is 11.6 Å². The summed E-state index contributed by atoms with van der Waals surface area (Å²) >= 11 is 0. The molecule has 1 aromatic heterocycles. The quantitative estimate of drug-likeness (QED) is 0.640. The smallest absolute Gasteiger partial charge is 0.366 e. The van der Waals surface area contributed by atoms with Crippen molar-refractivity contribution in [2.75, 3.05) is 11.4 Å². The van der Waals surface area contributed by atoms with Gasteiger partial charge in [0, 0.05) is 18.2 Å². The predicted octanol–water partition coefficient (Wildman–Crippen LogP) is 2.87. The molecule has 1 aromatic carbocycles. The van der Waals surface area contributed by atoms with Crippen LogP contribution in [0.25, 0.3) is 0 Å². The number of pyridine rings is 1. The second kappa shape index (κ2) is 6.04. The van der Waals surface area contributed by atoms with Crippen molar-refractivity contribution < 1.29 is 14.5 Å². The lowest BCUT2D eigenvalue weighted by Gasteiger charge is -2.31. The minimum Gasteiger partial charge on any atom is -0.469 e. The van der Waals surface area contributed by atoms with Gasteiger partial charge >= 0.3 is 5.82 Å². The van der Waals surface area contributed by atoms with Gasteiger partial charge in [0.25, 0.3) is 11.7 Å². The summed E-state index contributed by atoms with van der Waals surface area (Å²) in [5.74, 6) is 0.00805. The molecule has 0 radical (unpaired) electrons.